The number of likely N-dealkylation sites (tertiary alicyclic amines) is 1. The zero-order valence-corrected chi connectivity index (χ0v) is 18.6. The monoisotopic (exact) mass is 438 g/mol. The third kappa shape index (κ3) is 5.51. The SMILES string of the molecule is Cc1ccc(C(C)NC(=O)C2CCCN(Cc3nc(-c4ccc(Cl)cc4)no3)C2)cc1. The van der Waals surface area contributed by atoms with Crippen LogP contribution < -0.4 is 5.32 Å². The highest BCUT2D eigenvalue weighted by atomic mass is 35.5. The molecule has 2 atom stereocenters. The van der Waals surface area contributed by atoms with E-state index in [0.29, 0.717) is 29.8 Å². The lowest BCUT2D eigenvalue weighted by atomic mass is 9.96. The van der Waals surface area contributed by atoms with Gasteiger partial charge in [-0.2, -0.15) is 4.98 Å². The van der Waals surface area contributed by atoms with Gasteiger partial charge in [-0.25, -0.2) is 0 Å². The summed E-state index contributed by atoms with van der Waals surface area (Å²) in [7, 11) is 0. The average molecular weight is 439 g/mol. The van der Waals surface area contributed by atoms with E-state index in [0.717, 1.165) is 30.5 Å². The van der Waals surface area contributed by atoms with Crippen molar-refractivity contribution < 1.29 is 9.32 Å². The number of aryl methyl sites for hydroxylation is 1. The van der Waals surface area contributed by atoms with Crippen molar-refractivity contribution in [2.24, 2.45) is 5.92 Å². The molecule has 1 aliphatic heterocycles. The molecule has 1 fully saturated rings. The number of halogens is 1. The van der Waals surface area contributed by atoms with E-state index in [2.05, 4.69) is 51.5 Å². The molecule has 0 radical (unpaired) electrons. The minimum Gasteiger partial charge on any atom is -0.349 e. The summed E-state index contributed by atoms with van der Waals surface area (Å²) in [6, 6.07) is 15.6. The van der Waals surface area contributed by atoms with Gasteiger partial charge in [0.05, 0.1) is 18.5 Å². The number of carbonyl (C=O) groups is 1. The van der Waals surface area contributed by atoms with Crippen LogP contribution in [0.4, 0.5) is 0 Å². The van der Waals surface area contributed by atoms with E-state index < -0.39 is 0 Å². The lowest BCUT2D eigenvalue weighted by Crippen LogP contribution is -2.43. The molecule has 7 heteroatoms. The van der Waals surface area contributed by atoms with Crippen LogP contribution >= 0.6 is 11.6 Å². The fraction of sp³-hybridized carbons (Fsp3) is 0.375. The van der Waals surface area contributed by atoms with Crippen molar-refractivity contribution in [2.75, 3.05) is 13.1 Å². The van der Waals surface area contributed by atoms with Crippen molar-refractivity contribution in [3.63, 3.8) is 0 Å². The van der Waals surface area contributed by atoms with Crippen molar-refractivity contribution >= 4 is 17.5 Å². The fourth-order valence-corrected chi connectivity index (χ4v) is 4.04. The minimum atomic E-state index is -0.0414. The van der Waals surface area contributed by atoms with Gasteiger partial charge in [0, 0.05) is 17.1 Å². The van der Waals surface area contributed by atoms with E-state index in [-0.39, 0.29) is 17.9 Å². The van der Waals surface area contributed by atoms with Gasteiger partial charge in [-0.15, -0.1) is 0 Å². The first-order chi connectivity index (χ1) is 15.0. The quantitative estimate of drug-likeness (QED) is 0.599. The van der Waals surface area contributed by atoms with Crippen LogP contribution in [0.5, 0.6) is 0 Å². The molecular formula is C24H27ClN4O2. The van der Waals surface area contributed by atoms with Crippen LogP contribution in [0.3, 0.4) is 0 Å². The molecule has 162 valence electrons. The van der Waals surface area contributed by atoms with Crippen molar-refractivity contribution in [1.82, 2.24) is 20.4 Å². The summed E-state index contributed by atoms with van der Waals surface area (Å²) in [6.07, 6.45) is 1.86. The number of aromatic nitrogens is 2. The van der Waals surface area contributed by atoms with Crippen molar-refractivity contribution in [1.29, 1.82) is 0 Å². The number of benzene rings is 2. The molecule has 1 N–H and O–H groups in total. The fourth-order valence-electron chi connectivity index (χ4n) is 3.91. The molecular weight excluding hydrogens is 412 g/mol. The zero-order chi connectivity index (χ0) is 21.8. The first-order valence-corrected chi connectivity index (χ1v) is 11.0. The Morgan fingerprint density at radius 3 is 2.71 bits per heavy atom. The third-order valence-electron chi connectivity index (χ3n) is 5.74. The number of amides is 1. The molecule has 1 amide bonds. The van der Waals surface area contributed by atoms with E-state index in [9.17, 15) is 4.79 Å². The second-order valence-corrected chi connectivity index (χ2v) is 8.67. The lowest BCUT2D eigenvalue weighted by molar-refractivity contribution is -0.127. The van der Waals surface area contributed by atoms with E-state index in [1.807, 2.05) is 19.1 Å². The Labute approximate surface area is 187 Å². The van der Waals surface area contributed by atoms with Crippen LogP contribution in [0.2, 0.25) is 5.02 Å². The van der Waals surface area contributed by atoms with Gasteiger partial charge >= 0.3 is 0 Å². The van der Waals surface area contributed by atoms with Crippen molar-refractivity contribution in [2.45, 2.75) is 39.3 Å². The summed E-state index contributed by atoms with van der Waals surface area (Å²) in [6.45, 7) is 6.23. The molecule has 1 aromatic heterocycles. The summed E-state index contributed by atoms with van der Waals surface area (Å²) < 4.78 is 5.44. The first-order valence-electron chi connectivity index (χ1n) is 10.7. The second kappa shape index (κ2) is 9.62. The molecule has 0 bridgehead atoms. The van der Waals surface area contributed by atoms with Gasteiger partial charge in [0.1, 0.15) is 0 Å². The van der Waals surface area contributed by atoms with Gasteiger partial charge in [-0.3, -0.25) is 9.69 Å². The molecule has 0 aliphatic carbocycles. The number of hydrogen-bond donors (Lipinski definition) is 1. The number of nitrogens with zero attached hydrogens (tertiary/aromatic N) is 3. The molecule has 4 rings (SSSR count). The summed E-state index contributed by atoms with van der Waals surface area (Å²) >= 11 is 5.94. The van der Waals surface area contributed by atoms with Gasteiger partial charge in [-0.05, 0) is 63.1 Å². The Hall–Kier alpha value is -2.70. The maximum absolute atomic E-state index is 12.9. The van der Waals surface area contributed by atoms with Gasteiger partial charge in [0.25, 0.3) is 0 Å². The van der Waals surface area contributed by atoms with E-state index >= 15 is 0 Å². The molecule has 0 spiro atoms. The van der Waals surface area contributed by atoms with E-state index in [1.165, 1.54) is 5.56 Å². The second-order valence-electron chi connectivity index (χ2n) is 8.23. The van der Waals surface area contributed by atoms with Gasteiger partial charge < -0.3 is 9.84 Å². The molecule has 1 saturated heterocycles. The lowest BCUT2D eigenvalue weighted by Gasteiger charge is -2.31. The van der Waals surface area contributed by atoms with Crippen LogP contribution in [-0.4, -0.2) is 34.0 Å². The topological polar surface area (TPSA) is 71.3 Å². The third-order valence-corrected chi connectivity index (χ3v) is 5.99. The van der Waals surface area contributed by atoms with Gasteiger partial charge in [-0.1, -0.05) is 46.6 Å². The predicted molar refractivity (Wildman–Crippen MR) is 120 cm³/mol. The number of piperidine rings is 1. The molecule has 0 saturated carbocycles. The zero-order valence-electron chi connectivity index (χ0n) is 17.8. The average Bonchev–Trinajstić information content (AvgIpc) is 3.23. The standard InChI is InChI=1S/C24H27ClN4O2/c1-16-5-7-18(8-6-16)17(2)26-24(30)20-4-3-13-29(14-20)15-22-27-23(28-31-22)19-9-11-21(25)12-10-19/h5-12,17,20H,3-4,13-15H2,1-2H3,(H,26,30). The highest BCUT2D eigenvalue weighted by molar-refractivity contribution is 6.30. The van der Waals surface area contributed by atoms with Crippen molar-refractivity contribution in [3.8, 4) is 11.4 Å². The van der Waals surface area contributed by atoms with Gasteiger partial charge in [0.2, 0.25) is 17.6 Å². The predicted octanol–water partition coefficient (Wildman–Crippen LogP) is 4.79. The molecule has 6 nitrogen and oxygen atoms in total. The minimum absolute atomic E-state index is 0.0126. The number of rotatable bonds is 6. The van der Waals surface area contributed by atoms with Crippen LogP contribution in [0, 0.1) is 12.8 Å². The highest BCUT2D eigenvalue weighted by Crippen LogP contribution is 2.22. The smallest absolute Gasteiger partial charge is 0.241 e. The molecule has 1 aliphatic rings. The Morgan fingerprint density at radius 1 is 1.23 bits per heavy atom. The highest BCUT2D eigenvalue weighted by Gasteiger charge is 2.27. The first kappa shape index (κ1) is 21.5. The van der Waals surface area contributed by atoms with Crippen LogP contribution in [0.1, 0.15) is 42.8 Å². The summed E-state index contributed by atoms with van der Waals surface area (Å²) in [5.74, 6) is 1.16. The number of carbonyl (C=O) groups excluding carboxylic acids is 1. The summed E-state index contributed by atoms with van der Waals surface area (Å²) in [4.78, 5) is 19.6. The molecule has 2 unspecified atom stereocenters. The maximum Gasteiger partial charge on any atom is 0.241 e. The largest absolute Gasteiger partial charge is 0.349 e. The van der Waals surface area contributed by atoms with E-state index in [4.69, 9.17) is 16.1 Å². The van der Waals surface area contributed by atoms with E-state index in [1.54, 1.807) is 12.1 Å². The molecule has 31 heavy (non-hydrogen) atoms. The summed E-state index contributed by atoms with van der Waals surface area (Å²) in [5.41, 5.74) is 3.19. The van der Waals surface area contributed by atoms with Crippen molar-refractivity contribution in [3.05, 3.63) is 70.6 Å². The maximum atomic E-state index is 12.9. The Balaban J connectivity index is 1.33. The van der Waals surface area contributed by atoms with Gasteiger partial charge in [0.15, 0.2) is 0 Å². The van der Waals surface area contributed by atoms with Crippen LogP contribution in [0.25, 0.3) is 11.4 Å². The van der Waals surface area contributed by atoms with Crippen LogP contribution in [0.15, 0.2) is 53.1 Å². The molecule has 2 aromatic carbocycles. The number of hydrogen-bond acceptors (Lipinski definition) is 5. The molecule has 2 heterocycles. The molecule has 3 aromatic rings. The summed E-state index contributed by atoms with van der Waals surface area (Å²) in [5, 5.41) is 7.92. The Kier molecular flexibility index (Phi) is 6.68. The Morgan fingerprint density at radius 2 is 1.97 bits per heavy atom. The Bertz CT molecular complexity index is 1020. The normalized spacial score (nSPS) is 18.0. The van der Waals surface area contributed by atoms with Crippen LogP contribution in [-0.2, 0) is 11.3 Å². The number of nitrogens with one attached hydrogen (secondary N) is 1.